The van der Waals surface area contributed by atoms with E-state index in [0.29, 0.717) is 6.10 Å². The molecule has 1 aromatic carbocycles. The van der Waals surface area contributed by atoms with Gasteiger partial charge in [0.2, 0.25) is 0 Å². The first-order valence-corrected chi connectivity index (χ1v) is 6.54. The Labute approximate surface area is 108 Å². The minimum absolute atomic E-state index is 0.241. The van der Waals surface area contributed by atoms with Crippen molar-refractivity contribution in [2.45, 2.75) is 38.5 Å². The molecule has 1 saturated heterocycles. The fraction of sp³-hybridized carbons (Fsp3) is 0.467. The summed E-state index contributed by atoms with van der Waals surface area (Å²) in [6.07, 6.45) is 6.28. The summed E-state index contributed by atoms with van der Waals surface area (Å²) in [4.78, 5) is 0. The zero-order chi connectivity index (χ0) is 13.0. The number of fused-ring (bicyclic) bond motifs is 1. The maximum absolute atomic E-state index is 7.00. The van der Waals surface area contributed by atoms with Gasteiger partial charge < -0.3 is 14.4 Å². The van der Waals surface area contributed by atoms with E-state index in [1.54, 1.807) is 0 Å². The van der Waals surface area contributed by atoms with E-state index in [1.807, 2.05) is 0 Å². The maximum atomic E-state index is 7.00. The van der Waals surface area contributed by atoms with Gasteiger partial charge in [0, 0.05) is 13.3 Å². The van der Waals surface area contributed by atoms with Gasteiger partial charge in [-0.15, -0.1) is 0 Å². The Hall–Kier alpha value is -1.32. The van der Waals surface area contributed by atoms with Gasteiger partial charge in [-0.05, 0) is 36.8 Å². The van der Waals surface area contributed by atoms with Gasteiger partial charge in [-0.25, -0.2) is 0 Å². The summed E-state index contributed by atoms with van der Waals surface area (Å²) in [6.45, 7) is 2.20. The molecule has 0 bridgehead atoms. The lowest BCUT2D eigenvalue weighted by Gasteiger charge is -2.15. The molecule has 18 heavy (non-hydrogen) atoms. The van der Waals surface area contributed by atoms with Crippen LogP contribution < -0.4 is 0 Å². The lowest BCUT2D eigenvalue weighted by Crippen LogP contribution is -2.09. The maximum Gasteiger partial charge on any atom is 0.134 e. The summed E-state index contributed by atoms with van der Waals surface area (Å²) in [6, 6.07) is 10.6. The molecule has 1 aliphatic heterocycles. The molecule has 3 nitrogen and oxygen atoms in total. The average molecular weight is 247 g/mol. The van der Waals surface area contributed by atoms with Crippen molar-refractivity contribution in [3.8, 4) is 0 Å². The van der Waals surface area contributed by atoms with Gasteiger partial charge in [-0.1, -0.05) is 25.1 Å². The van der Waals surface area contributed by atoms with Gasteiger partial charge in [0.15, 0.2) is 0 Å². The number of benzene rings is 1. The monoisotopic (exact) mass is 247 g/mol. The predicted molar refractivity (Wildman–Crippen MR) is 73.5 cm³/mol. The van der Waals surface area contributed by atoms with E-state index in [2.05, 4.69) is 48.0 Å². The molecule has 1 N–H and O–H groups in total. The molecule has 1 aromatic heterocycles. The van der Waals surface area contributed by atoms with Crippen molar-refractivity contribution in [1.82, 2.24) is 4.57 Å². The Morgan fingerprint density at radius 1 is 1.22 bits per heavy atom. The Kier molecular flexibility index (Phi) is 4.39. The Morgan fingerprint density at radius 3 is 2.72 bits per heavy atom. The number of nitrogens with zero attached hydrogens (tertiary/aromatic N) is 1. The van der Waals surface area contributed by atoms with E-state index < -0.39 is 0 Å². The third-order valence-electron chi connectivity index (χ3n) is 3.48. The van der Waals surface area contributed by atoms with Crippen molar-refractivity contribution in [2.75, 3.05) is 7.11 Å². The molecule has 3 rings (SSSR count). The van der Waals surface area contributed by atoms with Crippen molar-refractivity contribution >= 4 is 10.9 Å². The molecule has 2 aromatic rings. The van der Waals surface area contributed by atoms with Crippen molar-refractivity contribution in [1.29, 1.82) is 0 Å². The summed E-state index contributed by atoms with van der Waals surface area (Å²) < 4.78 is 8.29. The van der Waals surface area contributed by atoms with E-state index in [4.69, 9.17) is 9.84 Å². The molecule has 0 aliphatic carbocycles. The van der Waals surface area contributed by atoms with Crippen LogP contribution in [0.15, 0.2) is 36.5 Å². The van der Waals surface area contributed by atoms with Gasteiger partial charge in [0.25, 0.3) is 0 Å². The van der Waals surface area contributed by atoms with Gasteiger partial charge in [0.1, 0.15) is 6.23 Å². The summed E-state index contributed by atoms with van der Waals surface area (Å²) in [5.74, 6) is 0. The standard InChI is InChI=1S/C14H17NO.CH4O/c1-2-12-7-8-14(16-12)15-10-9-11-5-3-4-6-13(11)15;1-2/h3-6,9-10,12,14H,2,7-8H2,1H3;2H,1H3/t12-,14-;/m1./s1. The highest BCUT2D eigenvalue weighted by atomic mass is 16.5. The molecule has 0 spiro atoms. The molecule has 3 heteroatoms. The van der Waals surface area contributed by atoms with Crippen LogP contribution in [0, 0.1) is 0 Å². The highest BCUT2D eigenvalue weighted by Gasteiger charge is 2.25. The lowest BCUT2D eigenvalue weighted by molar-refractivity contribution is 0.00350. The molecule has 0 amide bonds. The minimum atomic E-state index is 0.241. The first-order valence-electron chi connectivity index (χ1n) is 6.54. The normalized spacial score (nSPS) is 22.8. The van der Waals surface area contributed by atoms with Crippen LogP contribution in [0.5, 0.6) is 0 Å². The second-order valence-corrected chi connectivity index (χ2v) is 4.48. The Bertz CT molecular complexity index is 492. The smallest absolute Gasteiger partial charge is 0.134 e. The molecule has 0 saturated carbocycles. The molecule has 98 valence electrons. The van der Waals surface area contributed by atoms with Crippen LogP contribution in [0.1, 0.15) is 32.4 Å². The van der Waals surface area contributed by atoms with Crippen molar-refractivity contribution in [3.63, 3.8) is 0 Å². The van der Waals surface area contributed by atoms with E-state index in [1.165, 1.54) is 17.3 Å². The van der Waals surface area contributed by atoms with Crippen LogP contribution in [0.2, 0.25) is 0 Å². The average Bonchev–Trinajstić information content (AvgIpc) is 3.07. The minimum Gasteiger partial charge on any atom is -0.400 e. The van der Waals surface area contributed by atoms with Crippen molar-refractivity contribution in [2.24, 2.45) is 0 Å². The number of hydrogen-bond donors (Lipinski definition) is 1. The molecule has 2 heterocycles. The zero-order valence-corrected chi connectivity index (χ0v) is 11.0. The molecular formula is C15H21NO2. The van der Waals surface area contributed by atoms with E-state index in [9.17, 15) is 0 Å². The Balaban J connectivity index is 0.000000574. The van der Waals surface area contributed by atoms with Crippen LogP contribution in [0.4, 0.5) is 0 Å². The van der Waals surface area contributed by atoms with Gasteiger partial charge >= 0.3 is 0 Å². The quantitative estimate of drug-likeness (QED) is 0.883. The fourth-order valence-electron chi connectivity index (χ4n) is 2.55. The topological polar surface area (TPSA) is 34.4 Å². The number of aliphatic hydroxyl groups excluding tert-OH is 1. The van der Waals surface area contributed by atoms with Gasteiger partial charge in [-0.3, -0.25) is 0 Å². The predicted octanol–water partition coefficient (Wildman–Crippen LogP) is 3.34. The number of rotatable bonds is 2. The van der Waals surface area contributed by atoms with Crippen LogP contribution in [0.25, 0.3) is 10.9 Å². The molecular weight excluding hydrogens is 226 g/mol. The first kappa shape index (κ1) is 13.1. The second kappa shape index (κ2) is 6.03. The molecule has 0 unspecified atom stereocenters. The van der Waals surface area contributed by atoms with Crippen molar-refractivity contribution < 1.29 is 9.84 Å². The van der Waals surface area contributed by atoms with Crippen LogP contribution in [0.3, 0.4) is 0 Å². The number of aliphatic hydroxyl groups is 1. The summed E-state index contributed by atoms with van der Waals surface area (Å²) in [7, 11) is 1.00. The zero-order valence-electron chi connectivity index (χ0n) is 11.0. The summed E-state index contributed by atoms with van der Waals surface area (Å²) >= 11 is 0. The largest absolute Gasteiger partial charge is 0.400 e. The second-order valence-electron chi connectivity index (χ2n) is 4.48. The first-order chi connectivity index (χ1) is 8.88. The number of para-hydroxylation sites is 1. The van der Waals surface area contributed by atoms with Crippen LogP contribution in [-0.4, -0.2) is 22.9 Å². The highest BCUT2D eigenvalue weighted by Crippen LogP contribution is 2.32. The highest BCUT2D eigenvalue weighted by molar-refractivity contribution is 5.80. The molecule has 1 aliphatic rings. The lowest BCUT2D eigenvalue weighted by atomic mass is 10.2. The van der Waals surface area contributed by atoms with Crippen molar-refractivity contribution in [3.05, 3.63) is 36.5 Å². The van der Waals surface area contributed by atoms with E-state index >= 15 is 0 Å². The fourth-order valence-corrected chi connectivity index (χ4v) is 2.55. The van der Waals surface area contributed by atoms with E-state index in [-0.39, 0.29) is 6.23 Å². The van der Waals surface area contributed by atoms with E-state index in [0.717, 1.165) is 20.0 Å². The van der Waals surface area contributed by atoms with Gasteiger partial charge in [0.05, 0.1) is 11.6 Å². The third-order valence-corrected chi connectivity index (χ3v) is 3.48. The summed E-state index contributed by atoms with van der Waals surface area (Å²) in [5.41, 5.74) is 1.28. The third kappa shape index (κ3) is 2.42. The number of aromatic nitrogens is 1. The number of hydrogen-bond acceptors (Lipinski definition) is 2. The van der Waals surface area contributed by atoms with Crippen LogP contribution >= 0.6 is 0 Å². The van der Waals surface area contributed by atoms with Crippen LogP contribution in [-0.2, 0) is 4.74 Å². The number of ether oxygens (including phenoxy) is 1. The van der Waals surface area contributed by atoms with Gasteiger partial charge in [-0.2, -0.15) is 0 Å². The summed E-state index contributed by atoms with van der Waals surface area (Å²) in [5, 5.41) is 8.30. The Morgan fingerprint density at radius 2 is 2.00 bits per heavy atom. The molecule has 0 radical (unpaired) electrons. The molecule has 2 atom stereocenters. The molecule has 1 fully saturated rings. The SMILES string of the molecule is CC[C@@H]1CC[C@H](n2ccc3ccccc32)O1.CO.